The minimum atomic E-state index is -0.788. The largest absolute Gasteiger partial charge is 0.388 e. The van der Waals surface area contributed by atoms with E-state index in [1.807, 2.05) is 6.92 Å². The number of nitrogens with one attached hydrogen (secondary N) is 3. The molecule has 0 radical (unpaired) electrons. The lowest BCUT2D eigenvalue weighted by atomic mass is 9.75. The quantitative estimate of drug-likeness (QED) is 0.501. The molecule has 1 amide bonds. The molecule has 176 valence electrons. The SMILES string of the molecule is C[C@]1(NC(=O)Cc2nc3nc4c(c(=O)n3[nH]2)CCCC4)CC2(CCNCC2)OC[C@@H]1O.Cl. The summed E-state index contributed by atoms with van der Waals surface area (Å²) in [6.07, 6.45) is 4.99. The number of hydrogen-bond donors (Lipinski definition) is 4. The number of halogens is 1. The zero-order valence-electron chi connectivity index (χ0n) is 18.3. The molecule has 0 saturated carbocycles. The number of amides is 1. The first-order valence-electron chi connectivity index (χ1n) is 11.2. The van der Waals surface area contributed by atoms with Crippen molar-refractivity contribution in [2.24, 2.45) is 0 Å². The first-order chi connectivity index (χ1) is 14.9. The Hall–Kier alpha value is -2.01. The van der Waals surface area contributed by atoms with Crippen LogP contribution in [0.1, 0.15) is 56.1 Å². The second-order valence-electron chi connectivity index (χ2n) is 9.43. The molecule has 0 bridgehead atoms. The number of aromatic nitrogens is 4. The van der Waals surface area contributed by atoms with Gasteiger partial charge in [0, 0.05) is 12.0 Å². The lowest BCUT2D eigenvalue weighted by molar-refractivity contribution is -0.174. The van der Waals surface area contributed by atoms with Crippen LogP contribution in [0.25, 0.3) is 5.78 Å². The highest BCUT2D eigenvalue weighted by atomic mass is 35.5. The summed E-state index contributed by atoms with van der Waals surface area (Å²) in [5.41, 5.74) is 0.338. The molecule has 2 aromatic heterocycles. The van der Waals surface area contributed by atoms with E-state index in [9.17, 15) is 14.7 Å². The highest BCUT2D eigenvalue weighted by molar-refractivity contribution is 5.85. The van der Waals surface area contributed by atoms with E-state index in [1.165, 1.54) is 4.52 Å². The molecule has 2 aromatic rings. The zero-order valence-corrected chi connectivity index (χ0v) is 19.1. The van der Waals surface area contributed by atoms with Crippen LogP contribution in [-0.2, 0) is 28.8 Å². The molecule has 2 aliphatic heterocycles. The van der Waals surface area contributed by atoms with Crippen LogP contribution in [0.15, 0.2) is 4.79 Å². The van der Waals surface area contributed by atoms with Crippen LogP contribution in [-0.4, -0.2) is 67.5 Å². The first kappa shape index (κ1) is 23.2. The number of piperidine rings is 1. The molecule has 4 N–H and O–H groups in total. The van der Waals surface area contributed by atoms with Gasteiger partial charge >= 0.3 is 0 Å². The summed E-state index contributed by atoms with van der Waals surface area (Å²) in [5, 5.41) is 19.9. The molecule has 11 heteroatoms. The third-order valence-electron chi connectivity index (χ3n) is 7.05. The Kier molecular flexibility index (Phi) is 6.32. The minimum Gasteiger partial charge on any atom is -0.388 e. The molecule has 3 aliphatic rings. The Morgan fingerprint density at radius 2 is 2.03 bits per heavy atom. The predicted octanol–water partition coefficient (Wildman–Crippen LogP) is 0.0390. The molecular formula is C21H31ClN6O4. The average Bonchev–Trinajstić information content (AvgIpc) is 3.14. The number of aliphatic hydroxyl groups is 1. The van der Waals surface area contributed by atoms with Gasteiger partial charge < -0.3 is 20.5 Å². The molecular weight excluding hydrogens is 436 g/mol. The van der Waals surface area contributed by atoms with Crippen LogP contribution in [0, 0.1) is 0 Å². The third kappa shape index (κ3) is 4.16. The van der Waals surface area contributed by atoms with Crippen molar-refractivity contribution in [1.29, 1.82) is 0 Å². The fourth-order valence-electron chi connectivity index (χ4n) is 5.29. The number of nitrogens with zero attached hydrogens (tertiary/aromatic N) is 3. The average molecular weight is 467 g/mol. The van der Waals surface area contributed by atoms with Crippen LogP contribution in [0.3, 0.4) is 0 Å². The Labute approximate surface area is 191 Å². The van der Waals surface area contributed by atoms with Gasteiger partial charge in [0.15, 0.2) is 0 Å². The highest BCUT2D eigenvalue weighted by Gasteiger charge is 2.49. The van der Waals surface area contributed by atoms with E-state index in [1.54, 1.807) is 0 Å². The molecule has 0 unspecified atom stereocenters. The van der Waals surface area contributed by atoms with E-state index in [2.05, 4.69) is 25.7 Å². The number of ether oxygens (including phenoxy) is 1. The van der Waals surface area contributed by atoms with Crippen LogP contribution in [0.2, 0.25) is 0 Å². The maximum absolute atomic E-state index is 12.9. The molecule has 10 nitrogen and oxygen atoms in total. The van der Waals surface area contributed by atoms with E-state index in [4.69, 9.17) is 4.74 Å². The normalized spacial score (nSPS) is 27.0. The van der Waals surface area contributed by atoms with Crippen LogP contribution < -0.4 is 16.2 Å². The number of hydrogen-bond acceptors (Lipinski definition) is 7. The van der Waals surface area contributed by atoms with E-state index in [-0.39, 0.29) is 42.5 Å². The van der Waals surface area contributed by atoms with Crippen molar-refractivity contribution in [2.45, 2.75) is 75.5 Å². The van der Waals surface area contributed by atoms with Gasteiger partial charge in [0.25, 0.3) is 11.3 Å². The second kappa shape index (κ2) is 8.74. The van der Waals surface area contributed by atoms with Crippen molar-refractivity contribution in [3.05, 3.63) is 27.4 Å². The summed E-state index contributed by atoms with van der Waals surface area (Å²) < 4.78 is 7.34. The maximum atomic E-state index is 12.9. The van der Waals surface area contributed by atoms with E-state index < -0.39 is 11.6 Å². The highest BCUT2D eigenvalue weighted by Crippen LogP contribution is 2.38. The summed E-state index contributed by atoms with van der Waals surface area (Å²) in [6.45, 7) is 3.81. The first-order valence-corrected chi connectivity index (χ1v) is 11.2. The molecule has 2 fully saturated rings. The van der Waals surface area contributed by atoms with Gasteiger partial charge in [0.2, 0.25) is 5.91 Å². The molecule has 2 atom stereocenters. The number of aliphatic hydroxyl groups excluding tert-OH is 1. The van der Waals surface area contributed by atoms with Crippen LogP contribution >= 0.6 is 12.4 Å². The summed E-state index contributed by atoms with van der Waals surface area (Å²) in [6, 6.07) is 0. The van der Waals surface area contributed by atoms with E-state index in [0.717, 1.165) is 62.9 Å². The molecule has 5 rings (SSSR count). The van der Waals surface area contributed by atoms with Gasteiger partial charge in [-0.2, -0.15) is 9.50 Å². The number of carbonyl (C=O) groups is 1. The lowest BCUT2D eigenvalue weighted by Crippen LogP contribution is -2.65. The van der Waals surface area contributed by atoms with Crippen LogP contribution in [0.4, 0.5) is 0 Å². The van der Waals surface area contributed by atoms with Gasteiger partial charge in [-0.1, -0.05) is 0 Å². The number of carbonyl (C=O) groups excluding carboxylic acids is 1. The molecule has 0 aromatic carbocycles. The van der Waals surface area contributed by atoms with Crippen molar-refractivity contribution >= 4 is 24.1 Å². The Morgan fingerprint density at radius 3 is 2.81 bits per heavy atom. The molecule has 32 heavy (non-hydrogen) atoms. The van der Waals surface area contributed by atoms with Crippen molar-refractivity contribution in [3.8, 4) is 0 Å². The number of fused-ring (bicyclic) bond motifs is 2. The summed E-state index contributed by atoms with van der Waals surface area (Å²) >= 11 is 0. The standard InChI is InChI=1S/C21H30N6O4.ClH/c1-20(12-21(31-11-15(20)28)6-8-22-9-7-21)25-17(29)10-16-24-19-23-14-5-3-2-4-13(14)18(30)27(19)26-16;/h15,22,28H,2-12H2,1H3,(H,25,29)(H,23,24,26);1H/t15-,20-;/m0./s1. The van der Waals surface area contributed by atoms with Gasteiger partial charge in [-0.05, 0) is 58.5 Å². The van der Waals surface area contributed by atoms with E-state index >= 15 is 0 Å². The molecule has 1 spiro atoms. The molecule has 2 saturated heterocycles. The topological polar surface area (TPSA) is 134 Å². The summed E-state index contributed by atoms with van der Waals surface area (Å²) in [4.78, 5) is 34.5. The second-order valence-corrected chi connectivity index (χ2v) is 9.43. The fourth-order valence-corrected chi connectivity index (χ4v) is 5.29. The van der Waals surface area contributed by atoms with Crippen molar-refractivity contribution in [3.63, 3.8) is 0 Å². The van der Waals surface area contributed by atoms with Crippen LogP contribution in [0.5, 0.6) is 0 Å². The number of aryl methyl sites for hydroxylation is 1. The van der Waals surface area contributed by atoms with Crippen molar-refractivity contribution in [2.75, 3.05) is 19.7 Å². The molecule has 1 aliphatic carbocycles. The lowest BCUT2D eigenvalue weighted by Gasteiger charge is -2.50. The smallest absolute Gasteiger partial charge is 0.277 e. The zero-order chi connectivity index (χ0) is 21.6. The monoisotopic (exact) mass is 466 g/mol. The van der Waals surface area contributed by atoms with Crippen molar-refractivity contribution in [1.82, 2.24) is 30.2 Å². The minimum absolute atomic E-state index is 0. The van der Waals surface area contributed by atoms with Gasteiger partial charge in [-0.3, -0.25) is 14.7 Å². The van der Waals surface area contributed by atoms with Gasteiger partial charge in [0.05, 0.1) is 29.9 Å². The van der Waals surface area contributed by atoms with E-state index in [0.29, 0.717) is 18.0 Å². The summed E-state index contributed by atoms with van der Waals surface area (Å²) in [7, 11) is 0. The Bertz CT molecular complexity index is 1060. The Morgan fingerprint density at radius 1 is 1.28 bits per heavy atom. The fraction of sp³-hybridized carbons (Fsp3) is 0.714. The van der Waals surface area contributed by atoms with Crippen molar-refractivity contribution < 1.29 is 14.6 Å². The Balaban J connectivity index is 0.00000245. The van der Waals surface area contributed by atoms with Gasteiger partial charge in [-0.25, -0.2) is 4.98 Å². The number of rotatable bonds is 3. The number of H-pyrrole nitrogens is 1. The predicted molar refractivity (Wildman–Crippen MR) is 119 cm³/mol. The molecule has 4 heterocycles. The third-order valence-corrected chi connectivity index (χ3v) is 7.05. The number of aromatic amines is 1. The maximum Gasteiger partial charge on any atom is 0.277 e. The van der Waals surface area contributed by atoms with Gasteiger partial charge in [-0.15, -0.1) is 12.4 Å². The van der Waals surface area contributed by atoms with Gasteiger partial charge in [0.1, 0.15) is 11.9 Å². The summed E-state index contributed by atoms with van der Waals surface area (Å²) in [5.74, 6) is 0.426.